The van der Waals surface area contributed by atoms with Crippen LogP contribution in [0.2, 0.25) is 0 Å². The molecule has 0 amide bonds. The van der Waals surface area contributed by atoms with Crippen molar-refractivity contribution in [1.29, 1.82) is 5.26 Å². The number of benzene rings is 1. The summed E-state index contributed by atoms with van der Waals surface area (Å²) in [5.74, 6) is 1.89. The molecule has 5 heteroatoms. The van der Waals surface area contributed by atoms with Gasteiger partial charge in [-0.1, -0.05) is 18.6 Å². The van der Waals surface area contributed by atoms with Crippen molar-refractivity contribution in [2.75, 3.05) is 0 Å². The lowest BCUT2D eigenvalue weighted by molar-refractivity contribution is 0.280. The fraction of sp³-hybridized carbons (Fsp3) is 0.562. The van der Waals surface area contributed by atoms with Crippen LogP contribution in [-0.4, -0.2) is 14.5 Å². The van der Waals surface area contributed by atoms with Crippen LogP contribution in [0.4, 0.5) is 0 Å². The number of hydrogen-bond acceptors (Lipinski definition) is 3. The summed E-state index contributed by atoms with van der Waals surface area (Å²) >= 11 is 0. The lowest BCUT2D eigenvalue weighted by Gasteiger charge is -2.28. The largest absolute Gasteiger partial charge is 0.242 e. The van der Waals surface area contributed by atoms with E-state index in [0.717, 1.165) is 12.3 Å². The van der Waals surface area contributed by atoms with Crippen LogP contribution in [-0.2, 0) is 10.0 Å². The number of sulfonamides is 1. The molecule has 0 radical (unpaired) electrons. The number of nitrogens with zero attached hydrogens (tertiary/aromatic N) is 1. The van der Waals surface area contributed by atoms with Gasteiger partial charge in [0.2, 0.25) is 10.0 Å². The Bertz CT molecular complexity index is 678. The fourth-order valence-electron chi connectivity index (χ4n) is 4.10. The summed E-state index contributed by atoms with van der Waals surface area (Å²) in [5.41, 5.74) is 0.199. The molecule has 21 heavy (non-hydrogen) atoms. The molecule has 2 bridgehead atoms. The van der Waals surface area contributed by atoms with Crippen molar-refractivity contribution in [3.63, 3.8) is 0 Å². The molecule has 4 nitrogen and oxygen atoms in total. The molecule has 3 rings (SSSR count). The van der Waals surface area contributed by atoms with E-state index in [1.54, 1.807) is 12.1 Å². The van der Waals surface area contributed by atoms with Crippen molar-refractivity contribution < 1.29 is 8.42 Å². The molecule has 0 heterocycles. The molecule has 0 spiro atoms. The first-order valence-corrected chi connectivity index (χ1v) is 9.01. The van der Waals surface area contributed by atoms with Crippen molar-refractivity contribution in [1.82, 2.24) is 4.72 Å². The minimum atomic E-state index is -3.63. The van der Waals surface area contributed by atoms with Crippen LogP contribution in [0.5, 0.6) is 0 Å². The lowest BCUT2D eigenvalue weighted by Crippen LogP contribution is -2.40. The third kappa shape index (κ3) is 2.70. The molecule has 1 N–H and O–H groups in total. The Kier molecular flexibility index (Phi) is 3.76. The molecule has 0 saturated heterocycles. The highest BCUT2D eigenvalue weighted by Gasteiger charge is 2.42. The Hall–Kier alpha value is -1.38. The van der Waals surface area contributed by atoms with Gasteiger partial charge >= 0.3 is 0 Å². The van der Waals surface area contributed by atoms with Gasteiger partial charge in [-0.2, -0.15) is 5.26 Å². The fourth-order valence-corrected chi connectivity index (χ4v) is 5.55. The van der Waals surface area contributed by atoms with Gasteiger partial charge < -0.3 is 0 Å². The Labute approximate surface area is 126 Å². The number of hydrogen-bond donors (Lipinski definition) is 1. The van der Waals surface area contributed by atoms with Gasteiger partial charge in [-0.25, -0.2) is 13.1 Å². The summed E-state index contributed by atoms with van der Waals surface area (Å²) in [6, 6.07) is 8.24. The van der Waals surface area contributed by atoms with E-state index in [-0.39, 0.29) is 16.5 Å². The van der Waals surface area contributed by atoms with E-state index in [4.69, 9.17) is 5.26 Å². The maximum absolute atomic E-state index is 12.5. The van der Waals surface area contributed by atoms with E-state index in [0.29, 0.717) is 11.8 Å². The van der Waals surface area contributed by atoms with Crippen LogP contribution in [0.25, 0.3) is 0 Å². The zero-order valence-corrected chi connectivity index (χ0v) is 12.9. The van der Waals surface area contributed by atoms with Gasteiger partial charge in [0.25, 0.3) is 0 Å². The predicted molar refractivity (Wildman–Crippen MR) is 79.9 cm³/mol. The van der Waals surface area contributed by atoms with Gasteiger partial charge in [-0.05, 0) is 56.1 Å². The first kappa shape index (κ1) is 14.6. The second kappa shape index (κ2) is 5.43. The molecule has 112 valence electrons. The second-order valence-electron chi connectivity index (χ2n) is 6.36. The third-order valence-electron chi connectivity index (χ3n) is 5.07. The second-order valence-corrected chi connectivity index (χ2v) is 8.04. The SMILES string of the molecule is CC(NS(=O)(=O)c1ccccc1C#N)C1CC2CCC1C2. The highest BCUT2D eigenvalue weighted by Crippen LogP contribution is 2.49. The minimum Gasteiger partial charge on any atom is -0.208 e. The van der Waals surface area contributed by atoms with E-state index in [1.165, 1.54) is 31.4 Å². The van der Waals surface area contributed by atoms with Crippen molar-refractivity contribution in [3.8, 4) is 6.07 Å². The van der Waals surface area contributed by atoms with Crippen LogP contribution in [0, 0.1) is 29.1 Å². The summed E-state index contributed by atoms with van der Waals surface area (Å²) in [6.07, 6.45) is 4.92. The molecular weight excluding hydrogens is 284 g/mol. The van der Waals surface area contributed by atoms with Crippen LogP contribution >= 0.6 is 0 Å². The molecular formula is C16H20N2O2S. The van der Waals surface area contributed by atoms with E-state index >= 15 is 0 Å². The smallest absolute Gasteiger partial charge is 0.208 e. The lowest BCUT2D eigenvalue weighted by atomic mass is 9.84. The predicted octanol–water partition coefficient (Wildman–Crippen LogP) is 2.66. The average molecular weight is 304 g/mol. The van der Waals surface area contributed by atoms with Crippen molar-refractivity contribution in [3.05, 3.63) is 29.8 Å². The zero-order chi connectivity index (χ0) is 15.0. The van der Waals surface area contributed by atoms with Crippen molar-refractivity contribution >= 4 is 10.0 Å². The van der Waals surface area contributed by atoms with Gasteiger partial charge in [0.1, 0.15) is 6.07 Å². The summed E-state index contributed by atoms with van der Waals surface area (Å²) in [6.45, 7) is 1.96. The summed E-state index contributed by atoms with van der Waals surface area (Å²) < 4.78 is 27.8. The molecule has 4 atom stereocenters. The Morgan fingerprint density at radius 1 is 1.29 bits per heavy atom. The van der Waals surface area contributed by atoms with Crippen LogP contribution in [0.3, 0.4) is 0 Å². The number of rotatable bonds is 4. The summed E-state index contributed by atoms with van der Waals surface area (Å²) in [7, 11) is -3.63. The normalized spacial score (nSPS) is 29.2. The molecule has 1 aromatic carbocycles. The maximum atomic E-state index is 12.5. The molecule has 2 aliphatic rings. The van der Waals surface area contributed by atoms with Crippen LogP contribution in [0.1, 0.15) is 38.2 Å². The summed E-state index contributed by atoms with van der Waals surface area (Å²) in [4.78, 5) is 0.0857. The monoisotopic (exact) mass is 304 g/mol. The van der Waals surface area contributed by atoms with Gasteiger partial charge in [-0.3, -0.25) is 0 Å². The van der Waals surface area contributed by atoms with Gasteiger partial charge in [0.15, 0.2) is 0 Å². The zero-order valence-electron chi connectivity index (χ0n) is 12.1. The first-order chi connectivity index (χ1) is 10.0. The standard InChI is InChI=1S/C16H20N2O2S/c1-11(15-9-12-6-7-13(15)8-12)18-21(19,20)16-5-3-2-4-14(16)10-17/h2-5,11-13,15,18H,6-9H2,1H3. The van der Waals surface area contributed by atoms with Crippen LogP contribution in [0.15, 0.2) is 29.2 Å². The van der Waals surface area contributed by atoms with E-state index < -0.39 is 10.0 Å². The molecule has 4 unspecified atom stereocenters. The molecule has 2 fully saturated rings. The van der Waals surface area contributed by atoms with Crippen molar-refractivity contribution in [2.45, 2.75) is 43.5 Å². The van der Waals surface area contributed by atoms with Gasteiger partial charge in [0.05, 0.1) is 10.5 Å². The molecule has 1 aromatic rings. The number of fused-ring (bicyclic) bond motifs is 2. The van der Waals surface area contributed by atoms with Gasteiger partial charge in [0, 0.05) is 6.04 Å². The number of nitriles is 1. The van der Waals surface area contributed by atoms with E-state index in [2.05, 4.69) is 4.72 Å². The molecule has 0 aromatic heterocycles. The summed E-state index contributed by atoms with van der Waals surface area (Å²) in [5, 5.41) is 9.07. The average Bonchev–Trinajstić information content (AvgIpc) is 3.09. The highest BCUT2D eigenvalue weighted by atomic mass is 32.2. The maximum Gasteiger partial charge on any atom is 0.242 e. The minimum absolute atomic E-state index is 0.0722. The Morgan fingerprint density at radius 3 is 2.67 bits per heavy atom. The van der Waals surface area contributed by atoms with E-state index in [9.17, 15) is 8.42 Å². The molecule has 0 aliphatic heterocycles. The number of nitrogens with one attached hydrogen (secondary N) is 1. The third-order valence-corrected chi connectivity index (χ3v) is 6.69. The first-order valence-electron chi connectivity index (χ1n) is 7.52. The molecule has 2 saturated carbocycles. The van der Waals surface area contributed by atoms with Crippen molar-refractivity contribution in [2.24, 2.45) is 17.8 Å². The van der Waals surface area contributed by atoms with Gasteiger partial charge in [-0.15, -0.1) is 0 Å². The Morgan fingerprint density at radius 2 is 2.05 bits per heavy atom. The highest BCUT2D eigenvalue weighted by molar-refractivity contribution is 7.89. The van der Waals surface area contributed by atoms with Crippen LogP contribution < -0.4 is 4.72 Å². The Balaban J connectivity index is 1.79. The van der Waals surface area contributed by atoms with E-state index in [1.807, 2.05) is 13.0 Å². The molecule has 2 aliphatic carbocycles. The topological polar surface area (TPSA) is 70.0 Å². The quantitative estimate of drug-likeness (QED) is 0.929.